The molecule has 0 atom stereocenters. The van der Waals surface area contributed by atoms with E-state index in [1.165, 1.54) is 12.1 Å². The lowest BCUT2D eigenvalue weighted by Gasteiger charge is -2.05. The van der Waals surface area contributed by atoms with E-state index in [-0.39, 0.29) is 5.69 Å². The Labute approximate surface area is 119 Å². The highest BCUT2D eigenvalue weighted by atomic mass is 35.5. The molecule has 0 amide bonds. The van der Waals surface area contributed by atoms with Crippen molar-refractivity contribution in [2.24, 2.45) is 0 Å². The van der Waals surface area contributed by atoms with Crippen molar-refractivity contribution in [3.8, 4) is 0 Å². The maximum Gasteiger partial charge on any atom is 0.273 e. The minimum atomic E-state index is -0.399. The van der Waals surface area contributed by atoms with E-state index in [9.17, 15) is 10.1 Å². The van der Waals surface area contributed by atoms with Crippen molar-refractivity contribution in [2.75, 3.05) is 0 Å². The Kier molecular flexibility index (Phi) is 4.47. The van der Waals surface area contributed by atoms with E-state index in [1.54, 1.807) is 23.6 Å². The maximum atomic E-state index is 10.9. The number of halogens is 1. The molecule has 0 saturated carbocycles. The largest absolute Gasteiger partial charge is 0.307 e. The van der Waals surface area contributed by atoms with E-state index in [0.717, 1.165) is 9.88 Å². The lowest BCUT2D eigenvalue weighted by atomic mass is 10.2. The molecule has 0 saturated heterocycles. The molecule has 1 aromatic carbocycles. The third kappa shape index (κ3) is 3.73. The van der Waals surface area contributed by atoms with Gasteiger partial charge in [0.1, 0.15) is 0 Å². The van der Waals surface area contributed by atoms with Crippen molar-refractivity contribution in [1.82, 2.24) is 10.3 Å². The predicted octanol–water partition coefficient (Wildman–Crippen LogP) is 3.30. The molecule has 0 radical (unpaired) electrons. The molecule has 19 heavy (non-hydrogen) atoms. The molecule has 0 fully saturated rings. The number of aryl methyl sites for hydroxylation is 1. The smallest absolute Gasteiger partial charge is 0.273 e. The number of hydrogen-bond acceptors (Lipinski definition) is 5. The quantitative estimate of drug-likeness (QED) is 0.679. The molecule has 2 aromatic rings. The maximum absolute atomic E-state index is 10.9. The van der Waals surface area contributed by atoms with Crippen LogP contribution in [0.5, 0.6) is 0 Å². The first-order valence-corrected chi connectivity index (χ1v) is 6.80. The Morgan fingerprint density at radius 3 is 2.89 bits per heavy atom. The van der Waals surface area contributed by atoms with Crippen molar-refractivity contribution in [1.29, 1.82) is 0 Å². The van der Waals surface area contributed by atoms with Gasteiger partial charge in [0.05, 0.1) is 9.93 Å². The minimum absolute atomic E-state index is 0.0809. The zero-order chi connectivity index (χ0) is 13.8. The highest BCUT2D eigenvalue weighted by Crippen LogP contribution is 2.22. The lowest BCUT2D eigenvalue weighted by molar-refractivity contribution is -0.385. The minimum Gasteiger partial charge on any atom is -0.307 e. The second-order valence-electron chi connectivity index (χ2n) is 3.98. The summed E-state index contributed by atoms with van der Waals surface area (Å²) in [6.07, 6.45) is 1.80. The fourth-order valence-corrected chi connectivity index (χ4v) is 2.64. The van der Waals surface area contributed by atoms with E-state index >= 15 is 0 Å². The number of benzene rings is 1. The van der Waals surface area contributed by atoms with Crippen LogP contribution in [0, 0.1) is 17.0 Å². The average Bonchev–Trinajstić information content (AvgIpc) is 2.75. The van der Waals surface area contributed by atoms with Crippen LogP contribution in [0.2, 0.25) is 5.02 Å². The summed E-state index contributed by atoms with van der Waals surface area (Å²) < 4.78 is 0. The van der Waals surface area contributed by atoms with Crippen molar-refractivity contribution in [3.05, 3.63) is 55.0 Å². The number of nitro benzene ring substituents is 1. The van der Waals surface area contributed by atoms with Crippen LogP contribution in [0.4, 0.5) is 5.69 Å². The van der Waals surface area contributed by atoms with Crippen LogP contribution >= 0.6 is 22.9 Å². The van der Waals surface area contributed by atoms with Crippen molar-refractivity contribution in [2.45, 2.75) is 20.0 Å². The summed E-state index contributed by atoms with van der Waals surface area (Å²) in [6, 6.07) is 4.57. The van der Waals surface area contributed by atoms with Crippen LogP contribution in [0.15, 0.2) is 24.4 Å². The Morgan fingerprint density at radius 1 is 1.47 bits per heavy atom. The van der Waals surface area contributed by atoms with Gasteiger partial charge in [-0.1, -0.05) is 11.6 Å². The van der Waals surface area contributed by atoms with Crippen LogP contribution in [0.1, 0.15) is 15.4 Å². The predicted molar refractivity (Wildman–Crippen MR) is 75.5 cm³/mol. The van der Waals surface area contributed by atoms with Crippen LogP contribution in [-0.2, 0) is 13.1 Å². The summed E-state index contributed by atoms with van der Waals surface area (Å²) in [5, 5.41) is 15.6. The summed E-state index contributed by atoms with van der Waals surface area (Å²) in [7, 11) is 0. The number of thiazole rings is 1. The second kappa shape index (κ2) is 6.10. The first kappa shape index (κ1) is 13.9. The van der Waals surface area contributed by atoms with E-state index in [1.807, 2.05) is 6.92 Å². The highest BCUT2D eigenvalue weighted by molar-refractivity contribution is 7.11. The summed E-state index contributed by atoms with van der Waals surface area (Å²) in [4.78, 5) is 15.7. The van der Waals surface area contributed by atoms with Crippen molar-refractivity contribution >= 4 is 28.6 Å². The number of aromatic nitrogens is 1. The molecule has 7 heteroatoms. The number of rotatable bonds is 5. The highest BCUT2D eigenvalue weighted by Gasteiger charge is 2.13. The van der Waals surface area contributed by atoms with Crippen LogP contribution in [0.3, 0.4) is 0 Å². The van der Waals surface area contributed by atoms with E-state index in [2.05, 4.69) is 10.3 Å². The normalized spacial score (nSPS) is 10.6. The van der Waals surface area contributed by atoms with E-state index in [4.69, 9.17) is 11.6 Å². The molecule has 0 aliphatic heterocycles. The van der Waals surface area contributed by atoms with Gasteiger partial charge in [-0.2, -0.15) is 0 Å². The molecule has 1 heterocycles. The molecule has 0 aliphatic rings. The molecule has 0 spiro atoms. The van der Waals surface area contributed by atoms with Crippen molar-refractivity contribution in [3.63, 3.8) is 0 Å². The van der Waals surface area contributed by atoms with Crippen LogP contribution < -0.4 is 5.32 Å². The van der Waals surface area contributed by atoms with Crippen molar-refractivity contribution < 1.29 is 4.92 Å². The molecule has 0 aliphatic carbocycles. The molecular formula is C12H12ClN3O2S. The first-order valence-electron chi connectivity index (χ1n) is 5.61. The second-order valence-corrected chi connectivity index (χ2v) is 5.74. The number of nitro groups is 1. The Morgan fingerprint density at radius 2 is 2.26 bits per heavy atom. The Hall–Kier alpha value is -1.50. The monoisotopic (exact) mass is 297 g/mol. The molecule has 1 aromatic heterocycles. The Balaban J connectivity index is 2.02. The fraction of sp³-hybridized carbons (Fsp3) is 0.250. The van der Waals surface area contributed by atoms with Crippen LogP contribution in [-0.4, -0.2) is 9.91 Å². The lowest BCUT2D eigenvalue weighted by Crippen LogP contribution is -2.13. The molecule has 1 N–H and O–H groups in total. The van der Waals surface area contributed by atoms with Gasteiger partial charge in [-0.25, -0.2) is 4.98 Å². The SMILES string of the molecule is Cc1ncc(CNCc2cc(Cl)ccc2[N+](=O)[O-])s1. The molecule has 2 rings (SSSR count). The summed E-state index contributed by atoms with van der Waals surface area (Å²) in [6.45, 7) is 2.97. The van der Waals surface area contributed by atoms with Gasteiger partial charge >= 0.3 is 0 Å². The third-order valence-corrected chi connectivity index (χ3v) is 3.67. The number of nitrogens with zero attached hydrogens (tertiary/aromatic N) is 2. The Bertz CT molecular complexity index is 600. The van der Waals surface area contributed by atoms with E-state index in [0.29, 0.717) is 23.7 Å². The van der Waals surface area contributed by atoms with Crippen LogP contribution in [0.25, 0.3) is 0 Å². The zero-order valence-electron chi connectivity index (χ0n) is 10.2. The van der Waals surface area contributed by atoms with Gasteiger partial charge in [0, 0.05) is 40.8 Å². The number of nitrogens with one attached hydrogen (secondary N) is 1. The van der Waals surface area contributed by atoms with Gasteiger partial charge < -0.3 is 5.32 Å². The van der Waals surface area contributed by atoms with Gasteiger partial charge in [-0.15, -0.1) is 11.3 Å². The average molecular weight is 298 g/mol. The first-order chi connectivity index (χ1) is 9.06. The van der Waals surface area contributed by atoms with Gasteiger partial charge in [0.25, 0.3) is 5.69 Å². The fourth-order valence-electron chi connectivity index (χ4n) is 1.68. The molecule has 0 unspecified atom stereocenters. The van der Waals surface area contributed by atoms with Gasteiger partial charge in [0.2, 0.25) is 0 Å². The molecule has 5 nitrogen and oxygen atoms in total. The topological polar surface area (TPSA) is 68.1 Å². The number of hydrogen-bond donors (Lipinski definition) is 1. The molecular weight excluding hydrogens is 286 g/mol. The summed E-state index contributed by atoms with van der Waals surface area (Å²) >= 11 is 7.47. The standard InChI is InChI=1S/C12H12ClN3O2S/c1-8-15-7-11(19-8)6-14-5-9-4-10(13)2-3-12(9)16(17)18/h2-4,7,14H,5-6H2,1H3. The molecule has 100 valence electrons. The third-order valence-electron chi connectivity index (χ3n) is 2.52. The molecule has 0 bridgehead atoms. The summed E-state index contributed by atoms with van der Waals surface area (Å²) in [5.41, 5.74) is 0.663. The van der Waals surface area contributed by atoms with E-state index < -0.39 is 4.92 Å². The zero-order valence-corrected chi connectivity index (χ0v) is 11.8. The van der Waals surface area contributed by atoms with Gasteiger partial charge in [0.15, 0.2) is 0 Å². The van der Waals surface area contributed by atoms with Gasteiger partial charge in [-0.3, -0.25) is 10.1 Å². The van der Waals surface area contributed by atoms with Gasteiger partial charge in [-0.05, 0) is 19.1 Å². The summed E-state index contributed by atoms with van der Waals surface area (Å²) in [5.74, 6) is 0.